The quantitative estimate of drug-likeness (QED) is 0.883. The van der Waals surface area contributed by atoms with Crippen LogP contribution in [0.1, 0.15) is 6.92 Å². The van der Waals surface area contributed by atoms with Crippen LogP contribution in [-0.4, -0.2) is 44.8 Å². The highest BCUT2D eigenvalue weighted by atomic mass is 16.5. The fourth-order valence-corrected chi connectivity index (χ4v) is 1.48. The van der Waals surface area contributed by atoms with Crippen molar-refractivity contribution in [1.29, 1.82) is 0 Å². The zero-order valence-electron chi connectivity index (χ0n) is 12.0. The number of nitrogens with one attached hydrogen (secondary N) is 2. The minimum atomic E-state index is -0.539. The fourth-order valence-electron chi connectivity index (χ4n) is 1.48. The Bertz CT molecular complexity index is 491. The lowest BCUT2D eigenvalue weighted by atomic mass is 10.3. The molecular weight excluding hydrogens is 262 g/mol. The zero-order valence-corrected chi connectivity index (χ0v) is 12.0. The van der Waals surface area contributed by atoms with Crippen molar-refractivity contribution in [1.82, 2.24) is 10.2 Å². The van der Waals surface area contributed by atoms with Crippen LogP contribution in [0.15, 0.2) is 18.2 Å². The average Bonchev–Trinajstić information content (AvgIpc) is 2.46. The third kappa shape index (κ3) is 3.78. The molecule has 0 aliphatic heterocycles. The maximum atomic E-state index is 11.9. The van der Waals surface area contributed by atoms with Gasteiger partial charge >= 0.3 is 12.1 Å². The highest BCUT2D eigenvalue weighted by molar-refractivity contribution is 6.00. The van der Waals surface area contributed by atoms with Crippen molar-refractivity contribution in [2.24, 2.45) is 0 Å². The molecule has 1 aromatic rings. The Morgan fingerprint density at radius 2 is 1.80 bits per heavy atom. The van der Waals surface area contributed by atoms with Gasteiger partial charge in [-0.3, -0.25) is 0 Å². The van der Waals surface area contributed by atoms with Crippen LogP contribution in [0.2, 0.25) is 0 Å². The van der Waals surface area contributed by atoms with Crippen LogP contribution in [0.4, 0.5) is 15.3 Å². The number of ether oxygens (including phenoxy) is 2. The Morgan fingerprint density at radius 3 is 2.35 bits per heavy atom. The normalized spacial score (nSPS) is 9.60. The van der Waals surface area contributed by atoms with Crippen molar-refractivity contribution in [3.05, 3.63) is 18.2 Å². The maximum absolute atomic E-state index is 11.9. The van der Waals surface area contributed by atoms with Gasteiger partial charge in [0.2, 0.25) is 0 Å². The van der Waals surface area contributed by atoms with E-state index in [1.807, 2.05) is 0 Å². The SMILES string of the molecule is CCNC(=O)N(C)C(=O)Nc1ccc(OC)c(OC)c1. The lowest BCUT2D eigenvalue weighted by Crippen LogP contribution is -2.43. The molecule has 0 spiro atoms. The molecule has 0 aliphatic rings. The van der Waals surface area contributed by atoms with Gasteiger partial charge in [0.1, 0.15) is 0 Å². The van der Waals surface area contributed by atoms with Gasteiger partial charge in [0, 0.05) is 25.3 Å². The van der Waals surface area contributed by atoms with Crippen LogP contribution in [0.25, 0.3) is 0 Å². The second-order valence-corrected chi connectivity index (χ2v) is 3.89. The predicted octanol–water partition coefficient (Wildman–Crippen LogP) is 1.90. The third-order valence-electron chi connectivity index (χ3n) is 2.57. The van der Waals surface area contributed by atoms with E-state index in [-0.39, 0.29) is 0 Å². The van der Waals surface area contributed by atoms with E-state index in [9.17, 15) is 9.59 Å². The summed E-state index contributed by atoms with van der Waals surface area (Å²) in [6.45, 7) is 2.23. The van der Waals surface area contributed by atoms with Gasteiger partial charge in [0.05, 0.1) is 14.2 Å². The lowest BCUT2D eigenvalue weighted by molar-refractivity contribution is 0.202. The molecule has 0 unspecified atom stereocenters. The number of nitrogens with zero attached hydrogens (tertiary/aromatic N) is 1. The molecule has 1 rings (SSSR count). The molecule has 0 aliphatic carbocycles. The highest BCUT2D eigenvalue weighted by Crippen LogP contribution is 2.29. The van der Waals surface area contributed by atoms with Gasteiger partial charge in [0.15, 0.2) is 11.5 Å². The summed E-state index contributed by atoms with van der Waals surface area (Å²) in [6.07, 6.45) is 0. The van der Waals surface area contributed by atoms with E-state index in [1.54, 1.807) is 25.1 Å². The molecule has 7 nitrogen and oxygen atoms in total. The Balaban J connectivity index is 2.78. The van der Waals surface area contributed by atoms with E-state index in [0.29, 0.717) is 23.7 Å². The molecule has 0 fully saturated rings. The van der Waals surface area contributed by atoms with Crippen molar-refractivity contribution in [3.8, 4) is 11.5 Å². The summed E-state index contributed by atoms with van der Waals surface area (Å²) in [5, 5.41) is 5.13. The molecule has 110 valence electrons. The van der Waals surface area contributed by atoms with Crippen LogP contribution < -0.4 is 20.1 Å². The van der Waals surface area contributed by atoms with Gasteiger partial charge in [-0.2, -0.15) is 0 Å². The largest absolute Gasteiger partial charge is 0.493 e. The number of urea groups is 2. The summed E-state index contributed by atoms with van der Waals surface area (Å²) in [6, 6.07) is 3.93. The molecule has 0 atom stereocenters. The van der Waals surface area contributed by atoms with Gasteiger partial charge in [-0.05, 0) is 19.1 Å². The van der Waals surface area contributed by atoms with Gasteiger partial charge in [-0.25, -0.2) is 14.5 Å². The summed E-state index contributed by atoms with van der Waals surface area (Å²) < 4.78 is 10.2. The average molecular weight is 281 g/mol. The predicted molar refractivity (Wildman–Crippen MR) is 75.4 cm³/mol. The Morgan fingerprint density at radius 1 is 1.15 bits per heavy atom. The Labute approximate surface area is 117 Å². The first-order valence-corrected chi connectivity index (χ1v) is 6.08. The van der Waals surface area contributed by atoms with Crippen molar-refractivity contribution in [2.75, 3.05) is 33.1 Å². The molecule has 0 heterocycles. The van der Waals surface area contributed by atoms with E-state index in [2.05, 4.69) is 10.6 Å². The van der Waals surface area contributed by atoms with Gasteiger partial charge < -0.3 is 20.1 Å². The maximum Gasteiger partial charge on any atom is 0.329 e. The molecule has 4 amide bonds. The molecule has 1 aromatic carbocycles. The van der Waals surface area contributed by atoms with E-state index < -0.39 is 12.1 Å². The number of rotatable bonds is 4. The van der Waals surface area contributed by atoms with Crippen LogP contribution in [-0.2, 0) is 0 Å². The summed E-state index contributed by atoms with van der Waals surface area (Å²) >= 11 is 0. The number of amides is 4. The first kappa shape index (κ1) is 15.6. The van der Waals surface area contributed by atoms with Crippen LogP contribution in [0, 0.1) is 0 Å². The topological polar surface area (TPSA) is 79.9 Å². The molecule has 7 heteroatoms. The molecular formula is C13H19N3O4. The van der Waals surface area contributed by atoms with Crippen LogP contribution in [0.3, 0.4) is 0 Å². The number of hydrogen-bond acceptors (Lipinski definition) is 4. The summed E-state index contributed by atoms with van der Waals surface area (Å²) in [5.74, 6) is 1.05. The summed E-state index contributed by atoms with van der Waals surface area (Å²) in [7, 11) is 4.42. The fraction of sp³-hybridized carbons (Fsp3) is 0.385. The van der Waals surface area contributed by atoms with E-state index in [4.69, 9.17) is 9.47 Å². The first-order chi connectivity index (χ1) is 9.53. The van der Waals surface area contributed by atoms with Crippen LogP contribution >= 0.6 is 0 Å². The number of benzene rings is 1. The van der Waals surface area contributed by atoms with Gasteiger partial charge in [-0.1, -0.05) is 0 Å². The van der Waals surface area contributed by atoms with Crippen LogP contribution in [0.5, 0.6) is 11.5 Å². The van der Waals surface area contributed by atoms with Crippen molar-refractivity contribution in [3.63, 3.8) is 0 Å². The molecule has 0 saturated carbocycles. The molecule has 20 heavy (non-hydrogen) atoms. The molecule has 0 aromatic heterocycles. The Hall–Kier alpha value is -2.44. The molecule has 0 radical (unpaired) electrons. The first-order valence-electron chi connectivity index (χ1n) is 6.08. The number of imide groups is 1. The minimum Gasteiger partial charge on any atom is -0.493 e. The molecule has 0 saturated heterocycles. The summed E-state index contributed by atoms with van der Waals surface area (Å²) in [5.41, 5.74) is 0.504. The number of methoxy groups -OCH3 is 2. The van der Waals surface area contributed by atoms with E-state index in [0.717, 1.165) is 4.90 Å². The van der Waals surface area contributed by atoms with Crippen molar-refractivity contribution < 1.29 is 19.1 Å². The van der Waals surface area contributed by atoms with Crippen molar-refractivity contribution >= 4 is 17.7 Å². The zero-order chi connectivity index (χ0) is 15.1. The summed E-state index contributed by atoms with van der Waals surface area (Å²) in [4.78, 5) is 24.3. The highest BCUT2D eigenvalue weighted by Gasteiger charge is 2.16. The van der Waals surface area contributed by atoms with E-state index in [1.165, 1.54) is 21.3 Å². The Kier molecular flexibility index (Phi) is 5.64. The number of hydrogen-bond donors (Lipinski definition) is 2. The van der Waals surface area contributed by atoms with Crippen molar-refractivity contribution in [2.45, 2.75) is 6.92 Å². The van der Waals surface area contributed by atoms with E-state index >= 15 is 0 Å². The molecule has 2 N–H and O–H groups in total. The number of carbonyl (C=O) groups is 2. The lowest BCUT2D eigenvalue weighted by Gasteiger charge is -2.17. The third-order valence-corrected chi connectivity index (χ3v) is 2.57. The second kappa shape index (κ2) is 7.22. The van der Waals surface area contributed by atoms with Gasteiger partial charge in [0.25, 0.3) is 0 Å². The number of carbonyl (C=O) groups excluding carboxylic acids is 2. The number of anilines is 1. The minimum absolute atomic E-state index is 0.451. The molecule has 0 bridgehead atoms. The second-order valence-electron chi connectivity index (χ2n) is 3.89. The van der Waals surface area contributed by atoms with Gasteiger partial charge in [-0.15, -0.1) is 0 Å². The monoisotopic (exact) mass is 281 g/mol. The smallest absolute Gasteiger partial charge is 0.329 e. The standard InChI is InChI=1S/C13H19N3O4/c1-5-14-12(17)16(2)13(18)15-9-6-7-10(19-3)11(8-9)20-4/h6-8H,5H2,1-4H3,(H,14,17)(H,15,18).